The summed E-state index contributed by atoms with van der Waals surface area (Å²) in [5.74, 6) is 0.765. The zero-order valence-corrected chi connectivity index (χ0v) is 18.9. The van der Waals surface area contributed by atoms with Crippen molar-refractivity contribution in [1.29, 1.82) is 0 Å². The number of nitrogens with one attached hydrogen (secondary N) is 1. The van der Waals surface area contributed by atoms with Crippen LogP contribution in [-0.2, 0) is 16.1 Å². The fourth-order valence-corrected chi connectivity index (χ4v) is 3.91. The number of nitrogens with zero attached hydrogens (tertiary/aromatic N) is 4. The Bertz CT molecular complexity index is 979. The van der Waals surface area contributed by atoms with Gasteiger partial charge in [-0.2, -0.15) is 0 Å². The monoisotopic (exact) mass is 427 g/mol. The standard InChI is InChI=1S/C23H33N5O3/c1-5-27(14-20-24-19-9-7-6-8-18(19)22(30)25-20)15-21(29)28-12-10-17(11-13-28)23(31)26(4)16(2)3/h6-9,16-17H,5,10-15H2,1-4H3,(H,24,25,30). The van der Waals surface area contributed by atoms with E-state index in [1.165, 1.54) is 0 Å². The molecule has 2 aromatic rings. The van der Waals surface area contributed by atoms with Crippen LogP contribution < -0.4 is 5.56 Å². The lowest BCUT2D eigenvalue weighted by Gasteiger charge is -2.35. The van der Waals surface area contributed by atoms with Gasteiger partial charge in [-0.05, 0) is 45.4 Å². The molecule has 1 N–H and O–H groups in total. The molecule has 0 unspecified atom stereocenters. The number of hydrogen-bond donors (Lipinski definition) is 1. The quantitative estimate of drug-likeness (QED) is 0.728. The second-order valence-electron chi connectivity index (χ2n) is 8.53. The molecule has 0 atom stereocenters. The summed E-state index contributed by atoms with van der Waals surface area (Å²) in [6.07, 6.45) is 1.40. The third-order valence-electron chi connectivity index (χ3n) is 6.16. The van der Waals surface area contributed by atoms with Gasteiger partial charge in [-0.25, -0.2) is 4.98 Å². The molecule has 0 spiro atoms. The minimum absolute atomic E-state index is 0.00870. The number of carbonyl (C=O) groups is 2. The minimum atomic E-state index is -0.166. The van der Waals surface area contributed by atoms with Gasteiger partial charge >= 0.3 is 0 Å². The molecule has 1 saturated heterocycles. The summed E-state index contributed by atoms with van der Waals surface area (Å²) in [6, 6.07) is 7.41. The van der Waals surface area contributed by atoms with Crippen LogP contribution in [0.5, 0.6) is 0 Å². The SMILES string of the molecule is CCN(CC(=O)N1CCC(C(=O)N(C)C(C)C)CC1)Cc1nc2ccccc2c(=O)[nH]1. The molecule has 1 aliphatic rings. The van der Waals surface area contributed by atoms with Gasteiger partial charge in [-0.3, -0.25) is 19.3 Å². The summed E-state index contributed by atoms with van der Waals surface area (Å²) in [4.78, 5) is 50.7. The van der Waals surface area contributed by atoms with Crippen LogP contribution in [0.3, 0.4) is 0 Å². The summed E-state index contributed by atoms with van der Waals surface area (Å²) in [5, 5.41) is 0.561. The van der Waals surface area contributed by atoms with Crippen LogP contribution in [0.25, 0.3) is 10.9 Å². The molecule has 8 nitrogen and oxygen atoms in total. The Morgan fingerprint density at radius 3 is 2.55 bits per heavy atom. The highest BCUT2D eigenvalue weighted by Crippen LogP contribution is 2.20. The molecule has 8 heteroatoms. The first kappa shape index (κ1) is 22.9. The van der Waals surface area contributed by atoms with E-state index in [0.717, 1.165) is 0 Å². The van der Waals surface area contributed by atoms with Crippen molar-refractivity contribution in [1.82, 2.24) is 24.7 Å². The van der Waals surface area contributed by atoms with E-state index in [0.29, 0.717) is 55.7 Å². The first-order valence-electron chi connectivity index (χ1n) is 11.0. The topological polar surface area (TPSA) is 89.6 Å². The second kappa shape index (κ2) is 10.0. The number of benzene rings is 1. The summed E-state index contributed by atoms with van der Waals surface area (Å²) >= 11 is 0. The number of amides is 2. The zero-order valence-electron chi connectivity index (χ0n) is 18.9. The number of likely N-dealkylation sites (N-methyl/N-ethyl adjacent to an activating group) is 1. The Labute approximate surface area is 183 Å². The van der Waals surface area contributed by atoms with Crippen LogP contribution >= 0.6 is 0 Å². The third-order valence-corrected chi connectivity index (χ3v) is 6.16. The van der Waals surface area contributed by atoms with Crippen molar-refractivity contribution >= 4 is 22.7 Å². The molecule has 0 bridgehead atoms. The summed E-state index contributed by atoms with van der Waals surface area (Å²) in [6.45, 7) is 8.53. The molecule has 2 heterocycles. The average molecular weight is 428 g/mol. The Balaban J connectivity index is 1.57. The van der Waals surface area contributed by atoms with Crippen LogP contribution in [0.4, 0.5) is 0 Å². The number of aromatic amines is 1. The van der Waals surface area contributed by atoms with E-state index in [-0.39, 0.29) is 35.9 Å². The fourth-order valence-electron chi connectivity index (χ4n) is 3.91. The van der Waals surface area contributed by atoms with E-state index in [1.54, 1.807) is 11.0 Å². The predicted molar refractivity (Wildman–Crippen MR) is 121 cm³/mol. The van der Waals surface area contributed by atoms with Gasteiger partial charge in [0.15, 0.2) is 0 Å². The number of carbonyl (C=O) groups excluding carboxylic acids is 2. The fraction of sp³-hybridized carbons (Fsp3) is 0.565. The van der Waals surface area contributed by atoms with Crippen molar-refractivity contribution in [2.45, 2.75) is 46.2 Å². The first-order chi connectivity index (χ1) is 14.8. The average Bonchev–Trinajstić information content (AvgIpc) is 2.77. The summed E-state index contributed by atoms with van der Waals surface area (Å²) < 4.78 is 0. The predicted octanol–water partition coefficient (Wildman–Crippen LogP) is 1.85. The number of piperidine rings is 1. The third kappa shape index (κ3) is 5.50. The van der Waals surface area contributed by atoms with Crippen molar-refractivity contribution in [2.75, 3.05) is 33.2 Å². The van der Waals surface area contributed by atoms with E-state index in [9.17, 15) is 14.4 Å². The first-order valence-corrected chi connectivity index (χ1v) is 11.0. The molecule has 0 aliphatic carbocycles. The second-order valence-corrected chi connectivity index (χ2v) is 8.53. The van der Waals surface area contributed by atoms with Crippen molar-refractivity contribution in [2.24, 2.45) is 5.92 Å². The Morgan fingerprint density at radius 2 is 1.90 bits per heavy atom. The van der Waals surface area contributed by atoms with Crippen molar-refractivity contribution < 1.29 is 9.59 Å². The van der Waals surface area contributed by atoms with Gasteiger partial charge in [-0.1, -0.05) is 19.1 Å². The van der Waals surface area contributed by atoms with Crippen LogP contribution in [0.2, 0.25) is 0 Å². The number of rotatable bonds is 7. The molecule has 0 saturated carbocycles. The maximum absolute atomic E-state index is 12.9. The van der Waals surface area contributed by atoms with Gasteiger partial charge in [0.05, 0.1) is 24.0 Å². The highest BCUT2D eigenvalue weighted by Gasteiger charge is 2.30. The molecular weight excluding hydrogens is 394 g/mol. The lowest BCUT2D eigenvalue weighted by Crippen LogP contribution is -2.47. The Hall–Kier alpha value is -2.74. The van der Waals surface area contributed by atoms with E-state index in [1.807, 2.05) is 55.8 Å². The highest BCUT2D eigenvalue weighted by atomic mass is 16.2. The molecule has 3 rings (SSSR count). The number of aromatic nitrogens is 2. The molecule has 1 fully saturated rings. The minimum Gasteiger partial charge on any atom is -0.343 e. The van der Waals surface area contributed by atoms with Crippen molar-refractivity contribution in [3.05, 3.63) is 40.4 Å². The van der Waals surface area contributed by atoms with Crippen LogP contribution in [-0.4, -0.2) is 75.8 Å². The lowest BCUT2D eigenvalue weighted by molar-refractivity contribution is -0.141. The molecule has 0 radical (unpaired) electrons. The number of likely N-dealkylation sites (tertiary alicyclic amines) is 1. The smallest absolute Gasteiger partial charge is 0.258 e. The number of H-pyrrole nitrogens is 1. The van der Waals surface area contributed by atoms with E-state index >= 15 is 0 Å². The maximum Gasteiger partial charge on any atom is 0.258 e. The maximum atomic E-state index is 12.9. The van der Waals surface area contributed by atoms with Crippen LogP contribution in [0.15, 0.2) is 29.1 Å². The van der Waals surface area contributed by atoms with Gasteiger partial charge in [0.25, 0.3) is 5.56 Å². The van der Waals surface area contributed by atoms with Gasteiger partial charge in [-0.15, -0.1) is 0 Å². The van der Waals surface area contributed by atoms with Gasteiger partial charge < -0.3 is 14.8 Å². The molecule has 2 amide bonds. The molecular formula is C23H33N5O3. The summed E-state index contributed by atoms with van der Waals surface area (Å²) in [7, 11) is 1.84. The highest BCUT2D eigenvalue weighted by molar-refractivity contribution is 5.81. The van der Waals surface area contributed by atoms with E-state index in [4.69, 9.17) is 0 Å². The molecule has 1 aliphatic heterocycles. The molecule has 31 heavy (non-hydrogen) atoms. The zero-order chi connectivity index (χ0) is 22.5. The number of para-hydroxylation sites is 1. The van der Waals surface area contributed by atoms with E-state index < -0.39 is 0 Å². The lowest BCUT2D eigenvalue weighted by atomic mass is 9.95. The number of hydrogen-bond acceptors (Lipinski definition) is 5. The van der Waals surface area contributed by atoms with E-state index in [2.05, 4.69) is 9.97 Å². The van der Waals surface area contributed by atoms with Crippen LogP contribution in [0, 0.1) is 5.92 Å². The van der Waals surface area contributed by atoms with Crippen molar-refractivity contribution in [3.8, 4) is 0 Å². The molecule has 168 valence electrons. The summed E-state index contributed by atoms with van der Waals surface area (Å²) in [5.41, 5.74) is 0.489. The Morgan fingerprint density at radius 1 is 1.23 bits per heavy atom. The van der Waals surface area contributed by atoms with Crippen molar-refractivity contribution in [3.63, 3.8) is 0 Å². The molecule has 1 aromatic carbocycles. The Kier molecular flexibility index (Phi) is 7.43. The van der Waals surface area contributed by atoms with Crippen LogP contribution in [0.1, 0.15) is 39.4 Å². The van der Waals surface area contributed by atoms with Gasteiger partial charge in [0.1, 0.15) is 5.82 Å². The molecule has 1 aromatic heterocycles. The normalized spacial score (nSPS) is 15.1. The van der Waals surface area contributed by atoms with Gasteiger partial charge in [0, 0.05) is 32.1 Å². The van der Waals surface area contributed by atoms with Gasteiger partial charge in [0.2, 0.25) is 11.8 Å². The largest absolute Gasteiger partial charge is 0.343 e. The number of fused-ring (bicyclic) bond motifs is 1.